The van der Waals surface area contributed by atoms with Crippen molar-refractivity contribution >= 4 is 5.71 Å². The number of rotatable bonds is 5. The van der Waals surface area contributed by atoms with E-state index in [-0.39, 0.29) is 0 Å². The molecule has 0 heterocycles. The Kier molecular flexibility index (Phi) is 7.61. The molecule has 0 fully saturated rings. The van der Waals surface area contributed by atoms with Crippen LogP contribution in [0.1, 0.15) is 41.0 Å². The van der Waals surface area contributed by atoms with E-state index < -0.39 is 0 Å². The van der Waals surface area contributed by atoms with E-state index in [1.807, 2.05) is 45.1 Å². The fourth-order valence-electron chi connectivity index (χ4n) is 1.22. The Balaban J connectivity index is 4.43. The highest BCUT2D eigenvalue weighted by atomic mass is 14.7. The van der Waals surface area contributed by atoms with Gasteiger partial charge in [0.25, 0.3) is 0 Å². The molecule has 0 N–H and O–H groups in total. The molecule has 0 aliphatic rings. The lowest BCUT2D eigenvalue weighted by atomic mass is 10.1. The summed E-state index contributed by atoms with van der Waals surface area (Å²) in [6.07, 6.45) is 11.2. The van der Waals surface area contributed by atoms with Crippen LogP contribution < -0.4 is 0 Å². The van der Waals surface area contributed by atoms with Crippen LogP contribution in [0.3, 0.4) is 0 Å². The highest BCUT2D eigenvalue weighted by Crippen LogP contribution is 2.12. The fraction of sp³-hybridized carbons (Fsp3) is 0.500. The van der Waals surface area contributed by atoms with Crippen molar-refractivity contribution in [3.63, 3.8) is 0 Å². The van der Waals surface area contributed by atoms with E-state index in [1.165, 1.54) is 5.70 Å². The van der Waals surface area contributed by atoms with Crippen LogP contribution in [0.5, 0.6) is 0 Å². The van der Waals surface area contributed by atoms with Gasteiger partial charge in [-0.2, -0.15) is 0 Å². The first kappa shape index (κ1) is 13.9. The zero-order chi connectivity index (χ0) is 11.7. The lowest BCUT2D eigenvalue weighted by Gasteiger charge is -2.05. The van der Waals surface area contributed by atoms with Crippen LogP contribution in [-0.4, -0.2) is 5.71 Å². The van der Waals surface area contributed by atoms with Crippen molar-refractivity contribution in [3.05, 3.63) is 36.1 Å². The summed E-state index contributed by atoms with van der Waals surface area (Å²) in [6, 6.07) is 0. The minimum atomic E-state index is 0.660. The predicted octanol–water partition coefficient (Wildman–Crippen LogP) is 4.53. The van der Waals surface area contributed by atoms with E-state index in [4.69, 9.17) is 0 Å². The summed E-state index contributed by atoms with van der Waals surface area (Å²) < 4.78 is 0. The van der Waals surface area contributed by atoms with Gasteiger partial charge in [-0.25, -0.2) is 0 Å². The highest BCUT2D eigenvalue weighted by Gasteiger charge is 1.98. The van der Waals surface area contributed by atoms with Gasteiger partial charge in [-0.05, 0) is 39.2 Å². The molecule has 84 valence electrons. The van der Waals surface area contributed by atoms with Gasteiger partial charge in [-0.1, -0.05) is 38.2 Å². The van der Waals surface area contributed by atoms with E-state index >= 15 is 0 Å². The largest absolute Gasteiger partial charge is 0.259 e. The normalized spacial score (nSPS) is 14.8. The average molecular weight is 205 g/mol. The lowest BCUT2D eigenvalue weighted by molar-refractivity contribution is 0.638. The summed E-state index contributed by atoms with van der Waals surface area (Å²) >= 11 is 0. The van der Waals surface area contributed by atoms with Crippen molar-refractivity contribution in [1.82, 2.24) is 0 Å². The molecule has 0 aliphatic heterocycles. The van der Waals surface area contributed by atoms with E-state index in [1.54, 1.807) is 0 Å². The monoisotopic (exact) mass is 205 g/mol. The Labute approximate surface area is 94.3 Å². The zero-order valence-corrected chi connectivity index (χ0v) is 10.6. The minimum Gasteiger partial charge on any atom is -0.259 e. The Hall–Kier alpha value is -1.11. The Bertz CT molecular complexity index is 278. The van der Waals surface area contributed by atoms with Crippen LogP contribution in [0.4, 0.5) is 0 Å². The maximum absolute atomic E-state index is 4.56. The van der Waals surface area contributed by atoms with Crippen LogP contribution in [0.2, 0.25) is 0 Å². The number of hydrogen-bond donors (Lipinski definition) is 0. The van der Waals surface area contributed by atoms with Crippen molar-refractivity contribution in [2.75, 3.05) is 0 Å². The number of hydrogen-bond acceptors (Lipinski definition) is 1. The topological polar surface area (TPSA) is 12.4 Å². The lowest BCUT2D eigenvalue weighted by Crippen LogP contribution is -1.92. The van der Waals surface area contributed by atoms with E-state index in [0.29, 0.717) is 5.92 Å². The molecule has 1 heteroatoms. The summed E-state index contributed by atoms with van der Waals surface area (Å²) in [7, 11) is 0. The smallest absolute Gasteiger partial charge is 0.0375 e. The van der Waals surface area contributed by atoms with Gasteiger partial charge in [-0.15, -0.1) is 0 Å². The number of aliphatic imine (C=N–C) groups is 1. The Morgan fingerprint density at radius 2 is 1.87 bits per heavy atom. The van der Waals surface area contributed by atoms with Crippen LogP contribution in [-0.2, 0) is 0 Å². The van der Waals surface area contributed by atoms with E-state index in [9.17, 15) is 0 Å². The Morgan fingerprint density at radius 1 is 1.20 bits per heavy atom. The SMILES string of the molecule is C\C=C/C=C\C(C)=N\C(=C/C)CC(C)C. The third kappa shape index (κ3) is 7.92. The molecule has 1 nitrogen and oxygen atoms in total. The van der Waals surface area contributed by atoms with Gasteiger partial charge < -0.3 is 0 Å². The summed E-state index contributed by atoms with van der Waals surface area (Å²) in [4.78, 5) is 4.56. The molecule has 0 rings (SSSR count). The molecule has 0 aliphatic carbocycles. The van der Waals surface area contributed by atoms with E-state index in [0.717, 1.165) is 12.1 Å². The van der Waals surface area contributed by atoms with Crippen molar-refractivity contribution in [2.24, 2.45) is 10.9 Å². The maximum atomic E-state index is 4.56. The van der Waals surface area contributed by atoms with Gasteiger partial charge >= 0.3 is 0 Å². The molecular formula is C14H23N. The minimum absolute atomic E-state index is 0.660. The van der Waals surface area contributed by atoms with Gasteiger partial charge in [0, 0.05) is 11.4 Å². The van der Waals surface area contributed by atoms with Gasteiger partial charge in [0.15, 0.2) is 0 Å². The molecule has 0 spiro atoms. The van der Waals surface area contributed by atoms with Gasteiger partial charge in [0.05, 0.1) is 0 Å². The predicted molar refractivity (Wildman–Crippen MR) is 70.3 cm³/mol. The van der Waals surface area contributed by atoms with Crippen LogP contribution in [0.25, 0.3) is 0 Å². The van der Waals surface area contributed by atoms with Crippen molar-refractivity contribution in [1.29, 1.82) is 0 Å². The van der Waals surface area contributed by atoms with Gasteiger partial charge in [0.1, 0.15) is 0 Å². The molecule has 0 saturated heterocycles. The van der Waals surface area contributed by atoms with Crippen LogP contribution in [0.15, 0.2) is 41.1 Å². The first-order valence-corrected chi connectivity index (χ1v) is 5.60. The molecule has 0 radical (unpaired) electrons. The third-order valence-corrected chi connectivity index (χ3v) is 1.91. The quantitative estimate of drug-likeness (QED) is 0.462. The number of allylic oxidation sites excluding steroid dienone is 6. The van der Waals surface area contributed by atoms with Crippen molar-refractivity contribution in [2.45, 2.75) is 41.0 Å². The fourth-order valence-corrected chi connectivity index (χ4v) is 1.22. The third-order valence-electron chi connectivity index (χ3n) is 1.91. The molecule has 0 aromatic carbocycles. The van der Waals surface area contributed by atoms with Crippen molar-refractivity contribution in [3.8, 4) is 0 Å². The molecule has 0 unspecified atom stereocenters. The number of nitrogens with zero attached hydrogens (tertiary/aromatic N) is 1. The maximum Gasteiger partial charge on any atom is 0.0375 e. The second kappa shape index (κ2) is 8.22. The molecule has 0 atom stereocenters. The first-order valence-electron chi connectivity index (χ1n) is 5.60. The summed E-state index contributed by atoms with van der Waals surface area (Å²) in [5.41, 5.74) is 2.23. The Morgan fingerprint density at radius 3 is 2.33 bits per heavy atom. The van der Waals surface area contributed by atoms with Crippen LogP contribution >= 0.6 is 0 Å². The standard InChI is InChI=1S/C14H23N/c1-6-8-9-10-13(5)15-14(7-2)11-12(3)4/h6-10,12H,11H2,1-5H3/b8-6-,10-9-,14-7-,15-13+. The summed E-state index contributed by atoms with van der Waals surface area (Å²) in [5, 5.41) is 0. The first-order chi connectivity index (χ1) is 7.10. The highest BCUT2D eigenvalue weighted by molar-refractivity contribution is 5.93. The second-order valence-electron chi connectivity index (χ2n) is 4.02. The molecule has 0 bridgehead atoms. The molecule has 0 saturated carbocycles. The average Bonchev–Trinajstić information content (AvgIpc) is 2.16. The molecule has 0 aromatic rings. The van der Waals surface area contributed by atoms with Crippen LogP contribution in [0, 0.1) is 5.92 Å². The van der Waals surface area contributed by atoms with Gasteiger partial charge in [0.2, 0.25) is 0 Å². The molecule has 15 heavy (non-hydrogen) atoms. The van der Waals surface area contributed by atoms with Gasteiger partial charge in [-0.3, -0.25) is 4.99 Å². The zero-order valence-electron chi connectivity index (χ0n) is 10.6. The summed E-state index contributed by atoms with van der Waals surface area (Å²) in [6.45, 7) is 10.5. The summed E-state index contributed by atoms with van der Waals surface area (Å²) in [5.74, 6) is 0.660. The molecule has 0 aromatic heterocycles. The molecule has 0 amide bonds. The van der Waals surface area contributed by atoms with E-state index in [2.05, 4.69) is 24.9 Å². The second-order valence-corrected chi connectivity index (χ2v) is 4.02. The van der Waals surface area contributed by atoms with Crippen molar-refractivity contribution < 1.29 is 0 Å². The molecular weight excluding hydrogens is 182 g/mol.